The van der Waals surface area contributed by atoms with Crippen LogP contribution in [-0.4, -0.2) is 23.2 Å². The molecule has 118 valence electrons. The van der Waals surface area contributed by atoms with Crippen LogP contribution in [0.15, 0.2) is 51.0 Å². The van der Waals surface area contributed by atoms with Crippen LogP contribution in [0.4, 0.5) is 0 Å². The van der Waals surface area contributed by atoms with E-state index in [0.29, 0.717) is 17.1 Å². The summed E-state index contributed by atoms with van der Waals surface area (Å²) in [5.74, 6) is -1.06. The molecule has 0 unspecified atom stereocenters. The summed E-state index contributed by atoms with van der Waals surface area (Å²) < 4.78 is 5.44. The zero-order chi connectivity index (χ0) is 16.8. The lowest BCUT2D eigenvalue weighted by Gasteiger charge is -2.03. The molecule has 0 saturated carbocycles. The quantitative estimate of drug-likeness (QED) is 0.332. The maximum atomic E-state index is 10.8. The van der Waals surface area contributed by atoms with Crippen molar-refractivity contribution >= 4 is 18.1 Å². The molecule has 1 aromatic heterocycles. The zero-order valence-corrected chi connectivity index (χ0v) is 11.5. The van der Waals surface area contributed by atoms with E-state index in [1.807, 2.05) is 0 Å². The van der Waals surface area contributed by atoms with Crippen molar-refractivity contribution in [2.75, 3.05) is 0 Å². The zero-order valence-electron chi connectivity index (χ0n) is 11.5. The van der Waals surface area contributed by atoms with Gasteiger partial charge in [-0.3, -0.25) is 0 Å². The number of nitro groups is 1. The fourth-order valence-electron chi connectivity index (χ4n) is 1.64. The smallest absolute Gasteiger partial charge is 0.275 e. The number of benzene rings is 1. The summed E-state index contributed by atoms with van der Waals surface area (Å²) in [7, 11) is 0. The van der Waals surface area contributed by atoms with Crippen molar-refractivity contribution in [2.24, 2.45) is 15.9 Å². The molecule has 0 atom stereocenters. The molecule has 0 aliphatic carbocycles. The molecule has 0 saturated heterocycles. The Morgan fingerprint density at radius 2 is 2.13 bits per heavy atom. The number of hydrazine groups is 1. The summed E-state index contributed by atoms with van der Waals surface area (Å²) in [6.45, 7) is 0. The van der Waals surface area contributed by atoms with Crippen LogP contribution >= 0.6 is 0 Å². The van der Waals surface area contributed by atoms with Gasteiger partial charge in [-0.15, -0.1) is 5.10 Å². The van der Waals surface area contributed by atoms with E-state index in [0.717, 1.165) is 0 Å². The molecule has 1 heterocycles. The topological polar surface area (TPSA) is 159 Å². The van der Waals surface area contributed by atoms with Crippen LogP contribution in [0.25, 0.3) is 11.3 Å². The lowest BCUT2D eigenvalue weighted by molar-refractivity contribution is -0.525. The van der Waals surface area contributed by atoms with E-state index in [2.05, 4.69) is 10.2 Å². The van der Waals surface area contributed by atoms with Gasteiger partial charge in [0.25, 0.3) is 5.96 Å². The van der Waals surface area contributed by atoms with Crippen molar-refractivity contribution in [3.05, 3.63) is 57.8 Å². The largest absolute Gasteiger partial charge is 0.545 e. The van der Waals surface area contributed by atoms with Crippen molar-refractivity contribution in [2.45, 2.75) is 0 Å². The minimum Gasteiger partial charge on any atom is -0.545 e. The summed E-state index contributed by atoms with van der Waals surface area (Å²) in [5.41, 5.74) is 7.36. The predicted molar refractivity (Wildman–Crippen MR) is 77.8 cm³/mol. The third-order valence-electron chi connectivity index (χ3n) is 2.57. The second kappa shape index (κ2) is 6.85. The van der Waals surface area contributed by atoms with Gasteiger partial charge in [0.2, 0.25) is 0 Å². The first-order valence-corrected chi connectivity index (χ1v) is 6.15. The van der Waals surface area contributed by atoms with E-state index in [9.17, 15) is 20.0 Å². The number of carboxylic acid groups (broad SMARTS) is 1. The fraction of sp³-hybridized carbons (Fsp3) is 0. The number of nitrogens with one attached hydrogen (secondary N) is 1. The molecule has 0 aliphatic rings. The molecule has 0 fully saturated rings. The molecule has 1 aromatic carbocycles. The second-order valence-corrected chi connectivity index (χ2v) is 4.17. The third kappa shape index (κ3) is 4.39. The Balaban J connectivity index is 2.13. The molecule has 0 radical (unpaired) electrons. The molecule has 10 nitrogen and oxygen atoms in total. The number of carboxylic acids is 1. The SMILES string of the molecule is NC(=N/N=C\c1ccc(-c2cccc(C(=O)[O-])c2)o1)N[N+](=O)[O-]. The highest BCUT2D eigenvalue weighted by molar-refractivity contribution is 5.87. The summed E-state index contributed by atoms with van der Waals surface area (Å²) >= 11 is 0. The van der Waals surface area contributed by atoms with E-state index in [1.54, 1.807) is 29.7 Å². The van der Waals surface area contributed by atoms with E-state index in [-0.39, 0.29) is 5.56 Å². The van der Waals surface area contributed by atoms with Crippen molar-refractivity contribution in [3.63, 3.8) is 0 Å². The molecule has 0 amide bonds. The number of hydrogen-bond donors (Lipinski definition) is 2. The Hall–Kier alpha value is -3.69. The normalized spacial score (nSPS) is 11.6. The average Bonchev–Trinajstić information content (AvgIpc) is 2.95. The molecule has 0 spiro atoms. The molecule has 0 aliphatic heterocycles. The average molecular weight is 316 g/mol. The highest BCUT2D eigenvalue weighted by Gasteiger charge is 2.05. The van der Waals surface area contributed by atoms with Crippen molar-refractivity contribution in [3.8, 4) is 11.3 Å². The van der Waals surface area contributed by atoms with E-state index < -0.39 is 17.0 Å². The summed E-state index contributed by atoms with van der Waals surface area (Å²) in [4.78, 5) is 20.9. The Morgan fingerprint density at radius 1 is 1.35 bits per heavy atom. The van der Waals surface area contributed by atoms with Crippen LogP contribution in [0.5, 0.6) is 0 Å². The fourth-order valence-corrected chi connectivity index (χ4v) is 1.64. The maximum Gasteiger partial charge on any atom is 0.275 e. The van der Waals surface area contributed by atoms with E-state index >= 15 is 0 Å². The van der Waals surface area contributed by atoms with Gasteiger partial charge in [-0.25, -0.2) is 10.1 Å². The standard InChI is InChI=1S/C13H11N5O5/c14-13(17-18(21)22)16-15-7-10-4-5-11(23-10)8-2-1-3-9(6-8)12(19)20/h1-7H,(H,19,20)(H3,14,16,17)/p-1/b15-7-. The Morgan fingerprint density at radius 3 is 2.83 bits per heavy atom. The maximum absolute atomic E-state index is 10.8. The van der Waals surface area contributed by atoms with Gasteiger partial charge in [-0.1, -0.05) is 23.6 Å². The van der Waals surface area contributed by atoms with Crippen LogP contribution in [0.3, 0.4) is 0 Å². The molecule has 0 bridgehead atoms. The molecular formula is C13H10N5O5-. The summed E-state index contributed by atoms with van der Waals surface area (Å²) in [6.07, 6.45) is 1.20. The Bertz CT molecular complexity index is 796. The molecular weight excluding hydrogens is 306 g/mol. The van der Waals surface area contributed by atoms with Gasteiger partial charge in [0, 0.05) is 5.56 Å². The second-order valence-electron chi connectivity index (χ2n) is 4.17. The number of carbonyl (C=O) groups is 1. The number of nitrogens with two attached hydrogens (primary N) is 1. The summed E-state index contributed by atoms with van der Waals surface area (Å²) in [6, 6.07) is 9.22. The number of furan rings is 1. The Kier molecular flexibility index (Phi) is 4.67. The number of guanidine groups is 1. The van der Waals surface area contributed by atoms with Crippen molar-refractivity contribution in [1.29, 1.82) is 0 Å². The first-order chi connectivity index (χ1) is 11.0. The van der Waals surface area contributed by atoms with Gasteiger partial charge in [-0.05, 0) is 23.8 Å². The van der Waals surface area contributed by atoms with Crippen LogP contribution in [0, 0.1) is 10.1 Å². The van der Waals surface area contributed by atoms with Gasteiger partial charge < -0.3 is 20.1 Å². The van der Waals surface area contributed by atoms with Crippen LogP contribution in [0.2, 0.25) is 0 Å². The van der Waals surface area contributed by atoms with Crippen molar-refractivity contribution < 1.29 is 19.4 Å². The Labute approximate surface area is 129 Å². The van der Waals surface area contributed by atoms with Gasteiger partial charge in [-0.2, -0.15) is 5.10 Å². The lowest BCUT2D eigenvalue weighted by atomic mass is 10.1. The molecule has 2 aromatic rings. The number of aromatic carboxylic acids is 1. The first kappa shape index (κ1) is 15.7. The summed E-state index contributed by atoms with van der Waals surface area (Å²) in [5, 5.41) is 26.9. The van der Waals surface area contributed by atoms with Crippen LogP contribution in [-0.2, 0) is 0 Å². The van der Waals surface area contributed by atoms with Crippen molar-refractivity contribution in [1.82, 2.24) is 5.43 Å². The molecule has 23 heavy (non-hydrogen) atoms. The lowest BCUT2D eigenvalue weighted by Crippen LogP contribution is -2.35. The molecule has 2 rings (SSSR count). The molecule has 10 heteroatoms. The first-order valence-electron chi connectivity index (χ1n) is 6.15. The highest BCUT2D eigenvalue weighted by atomic mass is 16.7. The number of carbonyl (C=O) groups excluding carboxylic acids is 1. The molecule has 3 N–H and O–H groups in total. The van der Waals surface area contributed by atoms with Gasteiger partial charge in [0.05, 0.1) is 12.2 Å². The van der Waals surface area contributed by atoms with Gasteiger partial charge in [0.1, 0.15) is 11.5 Å². The predicted octanol–water partition coefficient (Wildman–Crippen LogP) is -0.260. The number of nitrogens with zero attached hydrogens (tertiary/aromatic N) is 3. The number of hydrogen-bond acceptors (Lipinski definition) is 7. The van der Waals surface area contributed by atoms with Gasteiger partial charge in [0.15, 0.2) is 5.03 Å². The number of rotatable bonds is 5. The third-order valence-corrected chi connectivity index (χ3v) is 2.57. The minimum atomic E-state index is -1.29. The van der Waals surface area contributed by atoms with E-state index in [1.165, 1.54) is 18.3 Å². The van der Waals surface area contributed by atoms with Crippen LogP contribution in [0.1, 0.15) is 16.1 Å². The van der Waals surface area contributed by atoms with Gasteiger partial charge >= 0.3 is 0 Å². The monoisotopic (exact) mass is 316 g/mol. The van der Waals surface area contributed by atoms with Crippen LogP contribution < -0.4 is 16.3 Å². The minimum absolute atomic E-state index is 0.0253. The highest BCUT2D eigenvalue weighted by Crippen LogP contribution is 2.22. The van der Waals surface area contributed by atoms with E-state index in [4.69, 9.17) is 10.2 Å².